The van der Waals surface area contributed by atoms with Crippen LogP contribution < -0.4 is 5.73 Å². The molecule has 3 nitrogen and oxygen atoms in total. The second-order valence-corrected chi connectivity index (χ2v) is 3.83. The molecule has 0 aromatic heterocycles. The van der Waals surface area contributed by atoms with Crippen LogP contribution in [0.1, 0.15) is 32.6 Å². The molecule has 0 amide bonds. The molecule has 0 radical (unpaired) electrons. The van der Waals surface area contributed by atoms with Crippen molar-refractivity contribution in [3.8, 4) is 0 Å². The van der Waals surface area contributed by atoms with Gasteiger partial charge in [0.05, 0.1) is 13.0 Å². The van der Waals surface area contributed by atoms with Crippen molar-refractivity contribution in [2.45, 2.75) is 38.1 Å². The number of hydrogen-bond acceptors (Lipinski definition) is 3. The first-order valence-corrected chi connectivity index (χ1v) is 4.44. The first-order valence-electron chi connectivity index (χ1n) is 4.44. The molecule has 2 atom stereocenters. The fraction of sp³-hybridized carbons (Fsp3) is 0.889. The van der Waals surface area contributed by atoms with Gasteiger partial charge >= 0.3 is 5.97 Å². The Labute approximate surface area is 73.3 Å². The van der Waals surface area contributed by atoms with Gasteiger partial charge in [0.2, 0.25) is 0 Å². The fourth-order valence-corrected chi connectivity index (χ4v) is 1.89. The average molecular weight is 171 g/mol. The van der Waals surface area contributed by atoms with E-state index in [0.717, 1.165) is 25.7 Å². The van der Waals surface area contributed by atoms with Crippen molar-refractivity contribution in [2.75, 3.05) is 7.11 Å². The van der Waals surface area contributed by atoms with Crippen LogP contribution in [0.5, 0.6) is 0 Å². The lowest BCUT2D eigenvalue weighted by Gasteiger charge is -2.36. The third-order valence-electron chi connectivity index (χ3n) is 2.74. The summed E-state index contributed by atoms with van der Waals surface area (Å²) in [5.74, 6) is -0.254. The van der Waals surface area contributed by atoms with Crippen LogP contribution in [0.15, 0.2) is 0 Å². The Kier molecular flexibility index (Phi) is 2.73. The van der Waals surface area contributed by atoms with Crippen LogP contribution in [0.2, 0.25) is 0 Å². The highest BCUT2D eigenvalue weighted by Gasteiger charge is 2.38. The van der Waals surface area contributed by atoms with Gasteiger partial charge in [0.15, 0.2) is 0 Å². The third kappa shape index (κ3) is 1.78. The lowest BCUT2D eigenvalue weighted by molar-refractivity contribution is -0.149. The van der Waals surface area contributed by atoms with Gasteiger partial charge in [-0.25, -0.2) is 0 Å². The molecule has 1 aliphatic carbocycles. The molecule has 1 fully saturated rings. The van der Waals surface area contributed by atoms with Crippen LogP contribution in [0, 0.1) is 5.92 Å². The van der Waals surface area contributed by atoms with Crippen LogP contribution in [-0.4, -0.2) is 18.6 Å². The Hall–Kier alpha value is -0.570. The second kappa shape index (κ2) is 3.44. The van der Waals surface area contributed by atoms with Crippen molar-refractivity contribution < 1.29 is 9.53 Å². The van der Waals surface area contributed by atoms with E-state index in [0.29, 0.717) is 0 Å². The van der Waals surface area contributed by atoms with Gasteiger partial charge in [0.1, 0.15) is 0 Å². The molecule has 0 aliphatic heterocycles. The largest absolute Gasteiger partial charge is 0.469 e. The maximum absolute atomic E-state index is 11.3. The summed E-state index contributed by atoms with van der Waals surface area (Å²) in [6, 6.07) is 0. The molecule has 2 N–H and O–H groups in total. The summed E-state index contributed by atoms with van der Waals surface area (Å²) in [4.78, 5) is 11.3. The Balaban J connectivity index is 2.66. The van der Waals surface area contributed by atoms with Gasteiger partial charge in [-0.1, -0.05) is 12.8 Å². The quantitative estimate of drug-likeness (QED) is 0.600. The van der Waals surface area contributed by atoms with Crippen molar-refractivity contribution in [3.05, 3.63) is 0 Å². The summed E-state index contributed by atoms with van der Waals surface area (Å²) >= 11 is 0. The summed E-state index contributed by atoms with van der Waals surface area (Å²) < 4.78 is 4.71. The zero-order valence-corrected chi connectivity index (χ0v) is 7.80. The molecule has 1 aliphatic rings. The highest BCUT2D eigenvalue weighted by molar-refractivity contribution is 5.74. The molecule has 0 unspecified atom stereocenters. The molecule has 70 valence electrons. The lowest BCUT2D eigenvalue weighted by atomic mass is 9.75. The zero-order chi connectivity index (χ0) is 9.19. The van der Waals surface area contributed by atoms with E-state index in [9.17, 15) is 4.79 Å². The number of methoxy groups -OCH3 is 1. The van der Waals surface area contributed by atoms with Gasteiger partial charge in [-0.2, -0.15) is 0 Å². The summed E-state index contributed by atoms with van der Waals surface area (Å²) in [7, 11) is 1.42. The number of esters is 1. The molecule has 3 heteroatoms. The van der Waals surface area contributed by atoms with Crippen LogP contribution in [0.3, 0.4) is 0 Å². The van der Waals surface area contributed by atoms with E-state index in [4.69, 9.17) is 10.5 Å². The Morgan fingerprint density at radius 3 is 2.75 bits per heavy atom. The monoisotopic (exact) mass is 171 g/mol. The Morgan fingerprint density at radius 2 is 2.25 bits per heavy atom. The van der Waals surface area contributed by atoms with Gasteiger partial charge < -0.3 is 10.5 Å². The van der Waals surface area contributed by atoms with Gasteiger partial charge in [-0.05, 0) is 19.8 Å². The minimum Gasteiger partial charge on any atom is -0.469 e. The van der Waals surface area contributed by atoms with E-state index in [1.807, 2.05) is 6.92 Å². The zero-order valence-electron chi connectivity index (χ0n) is 7.80. The van der Waals surface area contributed by atoms with Crippen molar-refractivity contribution in [1.29, 1.82) is 0 Å². The summed E-state index contributed by atoms with van der Waals surface area (Å²) in [5, 5.41) is 0. The second-order valence-electron chi connectivity index (χ2n) is 3.83. The topological polar surface area (TPSA) is 52.3 Å². The molecule has 0 aromatic carbocycles. The van der Waals surface area contributed by atoms with Gasteiger partial charge in [-0.3, -0.25) is 4.79 Å². The predicted molar refractivity (Wildman–Crippen MR) is 46.6 cm³/mol. The molecule has 0 bridgehead atoms. The molecule has 1 rings (SSSR count). The van der Waals surface area contributed by atoms with E-state index in [2.05, 4.69) is 0 Å². The normalized spacial score (nSPS) is 36.1. The minimum absolute atomic E-state index is 0.101. The molecule has 12 heavy (non-hydrogen) atoms. The Morgan fingerprint density at radius 1 is 1.58 bits per heavy atom. The Bertz CT molecular complexity index is 177. The minimum atomic E-state index is -0.356. The number of rotatable bonds is 1. The predicted octanol–water partition coefficient (Wildman–Crippen LogP) is 1.07. The summed E-state index contributed by atoms with van der Waals surface area (Å²) in [6.45, 7) is 1.94. The molecular weight excluding hydrogens is 154 g/mol. The maximum Gasteiger partial charge on any atom is 0.310 e. The average Bonchev–Trinajstić information content (AvgIpc) is 2.02. The number of nitrogens with two attached hydrogens (primary N) is 1. The van der Waals surface area contributed by atoms with Crippen molar-refractivity contribution in [3.63, 3.8) is 0 Å². The van der Waals surface area contributed by atoms with Gasteiger partial charge in [-0.15, -0.1) is 0 Å². The first kappa shape index (κ1) is 9.52. The molecule has 0 aromatic rings. The molecule has 0 spiro atoms. The van der Waals surface area contributed by atoms with Crippen LogP contribution in [0.4, 0.5) is 0 Å². The van der Waals surface area contributed by atoms with E-state index in [1.54, 1.807) is 0 Å². The van der Waals surface area contributed by atoms with Crippen molar-refractivity contribution >= 4 is 5.97 Å². The molecule has 0 saturated heterocycles. The SMILES string of the molecule is COC(=O)[C@H]1CCCC[C@]1(C)N. The number of ether oxygens (including phenoxy) is 1. The highest BCUT2D eigenvalue weighted by atomic mass is 16.5. The molecular formula is C9H17NO2. The van der Waals surface area contributed by atoms with Gasteiger partial charge in [0.25, 0.3) is 0 Å². The van der Waals surface area contributed by atoms with Crippen LogP contribution in [0.25, 0.3) is 0 Å². The number of carbonyl (C=O) groups is 1. The van der Waals surface area contributed by atoms with E-state index in [1.165, 1.54) is 7.11 Å². The third-order valence-corrected chi connectivity index (χ3v) is 2.74. The fourth-order valence-electron chi connectivity index (χ4n) is 1.89. The van der Waals surface area contributed by atoms with Crippen molar-refractivity contribution in [2.24, 2.45) is 11.7 Å². The first-order chi connectivity index (χ1) is 5.58. The molecule has 1 saturated carbocycles. The van der Waals surface area contributed by atoms with Crippen LogP contribution >= 0.6 is 0 Å². The van der Waals surface area contributed by atoms with Crippen molar-refractivity contribution in [1.82, 2.24) is 0 Å². The highest BCUT2D eigenvalue weighted by Crippen LogP contribution is 2.32. The van der Waals surface area contributed by atoms with E-state index < -0.39 is 0 Å². The smallest absolute Gasteiger partial charge is 0.310 e. The number of hydrogen-bond donors (Lipinski definition) is 1. The van der Waals surface area contributed by atoms with Crippen LogP contribution in [-0.2, 0) is 9.53 Å². The van der Waals surface area contributed by atoms with E-state index in [-0.39, 0.29) is 17.4 Å². The number of carbonyl (C=O) groups excluding carboxylic acids is 1. The van der Waals surface area contributed by atoms with Gasteiger partial charge in [0, 0.05) is 5.54 Å². The standard InChI is InChI=1S/C9H17NO2/c1-9(10)6-4-3-5-7(9)8(11)12-2/h7H,3-6,10H2,1-2H3/t7-,9+/m1/s1. The lowest BCUT2D eigenvalue weighted by Crippen LogP contribution is -2.50. The molecule has 0 heterocycles. The maximum atomic E-state index is 11.3. The summed E-state index contributed by atoms with van der Waals surface area (Å²) in [5.41, 5.74) is 5.64. The van der Waals surface area contributed by atoms with E-state index >= 15 is 0 Å². The summed E-state index contributed by atoms with van der Waals surface area (Å²) in [6.07, 6.45) is 4.01.